The molecule has 0 saturated carbocycles. The molecule has 0 bridgehead atoms. The van der Waals surface area contributed by atoms with Crippen molar-refractivity contribution in [2.24, 2.45) is 0 Å². The molecule has 2 rings (SSSR count). The number of hydrogen-bond acceptors (Lipinski definition) is 4. The second kappa shape index (κ2) is 7.81. The maximum absolute atomic E-state index is 13.4. The first-order valence-corrected chi connectivity index (χ1v) is 7.03. The van der Waals surface area contributed by atoms with E-state index in [4.69, 9.17) is 0 Å². The summed E-state index contributed by atoms with van der Waals surface area (Å²) in [5.41, 5.74) is -0.359. The first kappa shape index (κ1) is 16.3. The predicted octanol–water partition coefficient (Wildman–Crippen LogP) is -0.0753. The third-order valence-corrected chi connectivity index (χ3v) is 3.31. The monoisotopic (exact) mass is 312 g/mol. The minimum atomic E-state index is -1.02. The number of nitrogens with zero attached hydrogens (tertiary/aromatic N) is 1. The number of anilines is 1. The lowest BCUT2D eigenvalue weighted by Crippen LogP contribution is -2.47. The summed E-state index contributed by atoms with van der Waals surface area (Å²) in [6.07, 6.45) is 0. The SMILES string of the molecule is O=C(NCCN1CCNCC1)C(=O)Nc1cc(F)ccc1F. The highest BCUT2D eigenvalue weighted by atomic mass is 19.1. The molecule has 1 aromatic carbocycles. The zero-order valence-corrected chi connectivity index (χ0v) is 12.0. The number of carbonyl (C=O) groups excluding carboxylic acids is 2. The first-order valence-electron chi connectivity index (χ1n) is 7.03. The van der Waals surface area contributed by atoms with Gasteiger partial charge in [0.15, 0.2) is 0 Å². The molecule has 1 saturated heterocycles. The van der Waals surface area contributed by atoms with E-state index in [0.717, 1.165) is 44.4 Å². The van der Waals surface area contributed by atoms with Gasteiger partial charge in [0.1, 0.15) is 11.6 Å². The van der Waals surface area contributed by atoms with Crippen molar-refractivity contribution in [2.75, 3.05) is 44.6 Å². The van der Waals surface area contributed by atoms with Crippen LogP contribution in [0.2, 0.25) is 0 Å². The summed E-state index contributed by atoms with van der Waals surface area (Å²) in [6, 6.07) is 2.63. The van der Waals surface area contributed by atoms with Gasteiger partial charge >= 0.3 is 11.8 Å². The van der Waals surface area contributed by atoms with Gasteiger partial charge in [0, 0.05) is 45.3 Å². The minimum absolute atomic E-state index is 0.317. The van der Waals surface area contributed by atoms with E-state index in [-0.39, 0.29) is 5.69 Å². The number of halogens is 2. The molecule has 0 atom stereocenters. The lowest BCUT2D eigenvalue weighted by Gasteiger charge is -2.26. The molecule has 0 aromatic heterocycles. The first-order chi connectivity index (χ1) is 10.6. The summed E-state index contributed by atoms with van der Waals surface area (Å²) in [7, 11) is 0. The Labute approximate surface area is 126 Å². The highest BCUT2D eigenvalue weighted by molar-refractivity contribution is 6.39. The Hall–Kier alpha value is -2.06. The number of benzene rings is 1. The second-order valence-electron chi connectivity index (χ2n) is 4.93. The maximum atomic E-state index is 13.4. The molecule has 2 amide bonds. The Balaban J connectivity index is 1.76. The van der Waals surface area contributed by atoms with Crippen LogP contribution in [-0.4, -0.2) is 56.0 Å². The minimum Gasteiger partial charge on any atom is -0.347 e. The Morgan fingerprint density at radius 3 is 2.64 bits per heavy atom. The van der Waals surface area contributed by atoms with Gasteiger partial charge in [0.2, 0.25) is 0 Å². The Bertz CT molecular complexity index is 548. The highest BCUT2D eigenvalue weighted by Gasteiger charge is 2.16. The number of hydrogen-bond donors (Lipinski definition) is 3. The average molecular weight is 312 g/mol. The number of nitrogens with one attached hydrogen (secondary N) is 3. The van der Waals surface area contributed by atoms with E-state index in [1.54, 1.807) is 0 Å². The molecule has 1 aliphatic heterocycles. The molecule has 0 aliphatic carbocycles. The van der Waals surface area contributed by atoms with E-state index < -0.39 is 23.4 Å². The molecular formula is C14H18F2N4O2. The molecule has 0 radical (unpaired) electrons. The molecule has 1 aliphatic rings. The van der Waals surface area contributed by atoms with E-state index in [1.807, 2.05) is 5.32 Å². The van der Waals surface area contributed by atoms with Crippen LogP contribution >= 0.6 is 0 Å². The van der Waals surface area contributed by atoms with Gasteiger partial charge in [0.05, 0.1) is 5.69 Å². The molecular weight excluding hydrogens is 294 g/mol. The van der Waals surface area contributed by atoms with Crippen molar-refractivity contribution in [3.63, 3.8) is 0 Å². The van der Waals surface area contributed by atoms with Crippen LogP contribution < -0.4 is 16.0 Å². The zero-order valence-electron chi connectivity index (χ0n) is 12.0. The fourth-order valence-electron chi connectivity index (χ4n) is 2.11. The van der Waals surface area contributed by atoms with Gasteiger partial charge in [-0.25, -0.2) is 8.78 Å². The standard InChI is InChI=1S/C14H18F2N4O2/c15-10-1-2-11(16)12(9-10)19-14(22)13(21)18-5-8-20-6-3-17-4-7-20/h1-2,9,17H,3-8H2,(H,18,21)(H,19,22). The molecule has 1 fully saturated rings. The average Bonchev–Trinajstić information content (AvgIpc) is 2.52. The van der Waals surface area contributed by atoms with Crippen molar-refractivity contribution in [2.45, 2.75) is 0 Å². The molecule has 0 spiro atoms. The Kier molecular flexibility index (Phi) is 5.79. The fraction of sp³-hybridized carbons (Fsp3) is 0.429. The summed E-state index contributed by atoms with van der Waals surface area (Å²) in [4.78, 5) is 25.4. The summed E-state index contributed by atoms with van der Waals surface area (Å²) in [6.45, 7) is 4.51. The van der Waals surface area contributed by atoms with Crippen LogP contribution in [-0.2, 0) is 9.59 Å². The second-order valence-corrected chi connectivity index (χ2v) is 4.93. The maximum Gasteiger partial charge on any atom is 0.313 e. The number of carbonyl (C=O) groups is 2. The molecule has 1 heterocycles. The van der Waals surface area contributed by atoms with E-state index in [2.05, 4.69) is 15.5 Å². The van der Waals surface area contributed by atoms with E-state index in [9.17, 15) is 18.4 Å². The fourth-order valence-corrected chi connectivity index (χ4v) is 2.11. The van der Waals surface area contributed by atoms with Crippen molar-refractivity contribution >= 4 is 17.5 Å². The van der Waals surface area contributed by atoms with Gasteiger partial charge in [-0.15, -0.1) is 0 Å². The Morgan fingerprint density at radius 2 is 1.91 bits per heavy atom. The third kappa shape index (κ3) is 4.74. The van der Waals surface area contributed by atoms with Gasteiger partial charge in [-0.05, 0) is 12.1 Å². The lowest BCUT2D eigenvalue weighted by atomic mass is 10.3. The highest BCUT2D eigenvalue weighted by Crippen LogP contribution is 2.14. The largest absolute Gasteiger partial charge is 0.347 e. The zero-order chi connectivity index (χ0) is 15.9. The van der Waals surface area contributed by atoms with Crippen LogP contribution in [0.5, 0.6) is 0 Å². The molecule has 3 N–H and O–H groups in total. The summed E-state index contributed by atoms with van der Waals surface area (Å²) in [5, 5.41) is 7.71. The van der Waals surface area contributed by atoms with Gasteiger partial charge in [-0.1, -0.05) is 0 Å². The third-order valence-electron chi connectivity index (χ3n) is 3.31. The number of piperazine rings is 1. The van der Waals surface area contributed by atoms with Crippen LogP contribution in [0.25, 0.3) is 0 Å². The van der Waals surface area contributed by atoms with Crippen LogP contribution in [0.3, 0.4) is 0 Å². The van der Waals surface area contributed by atoms with Crippen molar-refractivity contribution in [3.05, 3.63) is 29.8 Å². The van der Waals surface area contributed by atoms with Crippen molar-refractivity contribution in [3.8, 4) is 0 Å². The van der Waals surface area contributed by atoms with E-state index in [0.29, 0.717) is 13.1 Å². The van der Waals surface area contributed by atoms with E-state index >= 15 is 0 Å². The molecule has 0 unspecified atom stereocenters. The van der Waals surface area contributed by atoms with Gasteiger partial charge in [-0.3, -0.25) is 14.5 Å². The molecule has 8 heteroatoms. The van der Waals surface area contributed by atoms with E-state index in [1.165, 1.54) is 0 Å². The molecule has 120 valence electrons. The topological polar surface area (TPSA) is 73.5 Å². The number of rotatable bonds is 4. The molecule has 1 aromatic rings. The van der Waals surface area contributed by atoms with Gasteiger partial charge in [0.25, 0.3) is 0 Å². The smallest absolute Gasteiger partial charge is 0.313 e. The normalized spacial score (nSPS) is 15.4. The van der Waals surface area contributed by atoms with Crippen LogP contribution in [0.4, 0.5) is 14.5 Å². The molecule has 22 heavy (non-hydrogen) atoms. The predicted molar refractivity (Wildman–Crippen MR) is 77.3 cm³/mol. The van der Waals surface area contributed by atoms with Crippen molar-refractivity contribution in [1.82, 2.24) is 15.5 Å². The quantitative estimate of drug-likeness (QED) is 0.680. The number of amides is 2. The van der Waals surface area contributed by atoms with Crippen LogP contribution in [0.1, 0.15) is 0 Å². The summed E-state index contributed by atoms with van der Waals surface area (Å²) < 4.78 is 26.3. The summed E-state index contributed by atoms with van der Waals surface area (Å²) in [5.74, 6) is -3.40. The van der Waals surface area contributed by atoms with Gasteiger partial charge in [-0.2, -0.15) is 0 Å². The van der Waals surface area contributed by atoms with Crippen LogP contribution in [0, 0.1) is 11.6 Å². The summed E-state index contributed by atoms with van der Waals surface area (Å²) >= 11 is 0. The van der Waals surface area contributed by atoms with Crippen molar-refractivity contribution < 1.29 is 18.4 Å². The Morgan fingerprint density at radius 1 is 1.18 bits per heavy atom. The van der Waals surface area contributed by atoms with Gasteiger partial charge < -0.3 is 16.0 Å². The van der Waals surface area contributed by atoms with Crippen molar-refractivity contribution in [1.29, 1.82) is 0 Å². The molecule has 6 nitrogen and oxygen atoms in total. The van der Waals surface area contributed by atoms with Crippen LogP contribution in [0.15, 0.2) is 18.2 Å². The lowest BCUT2D eigenvalue weighted by molar-refractivity contribution is -0.136.